The molecule has 0 unspecified atom stereocenters. The quantitative estimate of drug-likeness (QED) is 0.119. The molecule has 2 aliphatic heterocycles. The molecule has 48 heavy (non-hydrogen) atoms. The third-order valence-electron chi connectivity index (χ3n) is 7.68. The molecule has 0 bridgehead atoms. The maximum Gasteiger partial charge on any atom is 0.435 e. The molecule has 2 aliphatic rings. The molecular formula is C30H24F3N7O7S. The van der Waals surface area contributed by atoms with Gasteiger partial charge in [-0.3, -0.25) is 14.4 Å². The fraction of sp³-hybridized carbons (Fsp3) is 0.200. The van der Waals surface area contributed by atoms with Crippen molar-refractivity contribution in [3.63, 3.8) is 0 Å². The Hall–Kier alpha value is -5.78. The number of fused-ring (bicyclic) bond motifs is 1. The van der Waals surface area contributed by atoms with Crippen molar-refractivity contribution in [1.29, 1.82) is 0 Å². The van der Waals surface area contributed by atoms with Crippen molar-refractivity contribution in [2.45, 2.75) is 30.5 Å². The van der Waals surface area contributed by atoms with Gasteiger partial charge in [-0.05, 0) is 49.4 Å². The van der Waals surface area contributed by atoms with Crippen LogP contribution >= 0.6 is 0 Å². The van der Waals surface area contributed by atoms with Gasteiger partial charge in [-0.25, -0.2) is 22.7 Å². The molecule has 0 radical (unpaired) electrons. The Kier molecular flexibility index (Phi) is 8.11. The summed E-state index contributed by atoms with van der Waals surface area (Å²) in [7, 11) is -4.48. The molecule has 4 aromatic rings. The van der Waals surface area contributed by atoms with Crippen LogP contribution in [0, 0.1) is 12.1 Å². The Morgan fingerprint density at radius 1 is 1.04 bits per heavy atom. The van der Waals surface area contributed by atoms with Crippen LogP contribution in [0.5, 0.6) is 0 Å². The summed E-state index contributed by atoms with van der Waals surface area (Å²) in [4.78, 5) is 42.8. The molecule has 6 rings (SSSR count). The fourth-order valence-corrected chi connectivity index (χ4v) is 6.07. The molecule has 14 nitrogen and oxygen atoms in total. The number of alkyl halides is 3. The van der Waals surface area contributed by atoms with E-state index in [2.05, 4.69) is 10.4 Å². The summed E-state index contributed by atoms with van der Waals surface area (Å²) in [5, 5.41) is 20.3. The number of hydrogen-bond acceptors (Lipinski definition) is 9. The van der Waals surface area contributed by atoms with Crippen molar-refractivity contribution in [1.82, 2.24) is 24.4 Å². The zero-order valence-corrected chi connectivity index (χ0v) is 25.6. The second kappa shape index (κ2) is 12.1. The van der Waals surface area contributed by atoms with Crippen LogP contribution in [0.2, 0.25) is 0 Å². The topological polar surface area (TPSA) is 169 Å². The highest BCUT2D eigenvalue weighted by atomic mass is 32.2. The number of imide groups is 1. The Morgan fingerprint density at radius 2 is 1.67 bits per heavy atom. The van der Waals surface area contributed by atoms with Crippen molar-refractivity contribution in [2.24, 2.45) is 5.28 Å². The number of rotatable bonds is 9. The summed E-state index contributed by atoms with van der Waals surface area (Å²) in [5.74, 6) is -2.32. The highest BCUT2D eigenvalue weighted by molar-refractivity contribution is 7.90. The van der Waals surface area contributed by atoms with Gasteiger partial charge in [-0.15, -0.1) is 5.01 Å². The number of benzene rings is 3. The second-order valence-electron chi connectivity index (χ2n) is 10.8. The Morgan fingerprint density at radius 3 is 2.23 bits per heavy atom. The van der Waals surface area contributed by atoms with Crippen LogP contribution in [0.1, 0.15) is 38.4 Å². The molecule has 1 atom stereocenters. The van der Waals surface area contributed by atoms with E-state index < -0.39 is 52.4 Å². The summed E-state index contributed by atoms with van der Waals surface area (Å²) in [6.07, 6.45) is -4.64. The first-order chi connectivity index (χ1) is 22.7. The van der Waals surface area contributed by atoms with E-state index in [4.69, 9.17) is 4.84 Å². The van der Waals surface area contributed by atoms with Crippen LogP contribution in [-0.4, -0.2) is 70.1 Å². The second-order valence-corrected chi connectivity index (χ2v) is 12.5. The van der Waals surface area contributed by atoms with Gasteiger partial charge >= 0.3 is 6.18 Å². The minimum Gasteiger partial charge on any atom is -0.569 e. The van der Waals surface area contributed by atoms with E-state index in [-0.39, 0.29) is 45.3 Å². The monoisotopic (exact) mass is 683 g/mol. The lowest BCUT2D eigenvalue weighted by molar-refractivity contribution is -0.728. The number of halogens is 3. The van der Waals surface area contributed by atoms with Gasteiger partial charge < -0.3 is 10.0 Å². The smallest absolute Gasteiger partial charge is 0.435 e. The number of hydrazine groups is 1. The minimum atomic E-state index is -4.73. The lowest BCUT2D eigenvalue weighted by Crippen LogP contribution is -2.59. The number of aromatic nitrogens is 2. The van der Waals surface area contributed by atoms with Crippen LogP contribution < -0.4 is 4.72 Å². The van der Waals surface area contributed by atoms with E-state index in [9.17, 15) is 41.2 Å². The Bertz CT molecular complexity index is 2030. The normalized spacial score (nSPS) is 16.5. The molecule has 18 heteroatoms. The van der Waals surface area contributed by atoms with Gasteiger partial charge in [0.05, 0.1) is 38.9 Å². The van der Waals surface area contributed by atoms with E-state index in [1.165, 1.54) is 24.3 Å². The highest BCUT2D eigenvalue weighted by Gasteiger charge is 2.43. The van der Waals surface area contributed by atoms with Gasteiger partial charge in [0.15, 0.2) is 11.7 Å². The highest BCUT2D eigenvalue weighted by Crippen LogP contribution is 2.33. The van der Waals surface area contributed by atoms with E-state index in [1.54, 1.807) is 36.4 Å². The third-order valence-corrected chi connectivity index (χ3v) is 9.04. The molecule has 3 amide bonds. The zero-order chi connectivity index (χ0) is 34.4. The molecule has 0 spiro atoms. The Labute approximate surface area is 270 Å². The minimum absolute atomic E-state index is 0.0172. The zero-order valence-electron chi connectivity index (χ0n) is 24.8. The van der Waals surface area contributed by atoms with Gasteiger partial charge in [0.1, 0.15) is 0 Å². The van der Waals surface area contributed by atoms with E-state index in [0.717, 1.165) is 38.4 Å². The van der Waals surface area contributed by atoms with Crippen molar-refractivity contribution in [3.8, 4) is 16.9 Å². The number of sulfonamides is 1. The molecule has 1 aromatic heterocycles. The first-order valence-corrected chi connectivity index (χ1v) is 15.7. The van der Waals surface area contributed by atoms with Gasteiger partial charge in [0, 0.05) is 12.0 Å². The van der Waals surface area contributed by atoms with Crippen molar-refractivity contribution in [2.75, 3.05) is 13.3 Å². The summed E-state index contributed by atoms with van der Waals surface area (Å²) >= 11 is 0. The molecule has 3 heterocycles. The largest absolute Gasteiger partial charge is 0.569 e. The van der Waals surface area contributed by atoms with Crippen LogP contribution in [0.3, 0.4) is 0 Å². The lowest BCUT2D eigenvalue weighted by atomic mass is 10.1. The summed E-state index contributed by atoms with van der Waals surface area (Å²) in [6.45, 7) is 1.17. The van der Waals surface area contributed by atoms with Crippen LogP contribution in [-0.2, 0) is 25.8 Å². The standard InChI is InChI=1S/C30H24F3N7O7S/c1-18-6-8-19(9-7-18)25-16-26(30(31,32)33)34-39(25)20-10-12-21(13-11-20)48(45,46)35-27(41)24-14-15-38(24)40(44)36-47-17-37-28(42)22-4-2-3-5-23(22)29(37)43/h2-13,16,24H,14-15,17H2,1H3,(H,35,41)/t24-/m0/s1. The number of carbonyl (C=O) groups excluding carboxylic acids is 3. The number of hydrogen-bond donors (Lipinski definition) is 1. The van der Waals surface area contributed by atoms with Gasteiger partial charge in [0.2, 0.25) is 12.0 Å². The third kappa shape index (κ3) is 6.04. The number of aryl methyl sites for hydroxylation is 1. The van der Waals surface area contributed by atoms with Gasteiger partial charge in [-0.1, -0.05) is 42.0 Å². The van der Waals surface area contributed by atoms with Crippen LogP contribution in [0.15, 0.2) is 89.0 Å². The SMILES string of the molecule is Cc1ccc(-c2cc(C(F)(F)F)nn2-c2ccc(S(=O)(=O)NC(=O)[C@@H]3CCN3[N+]([O-])=NOCN3C(=O)c4ccccc4C3=O)cc2)cc1. The van der Waals surface area contributed by atoms with E-state index in [1.807, 2.05) is 11.6 Å². The maximum atomic E-state index is 13.5. The molecule has 1 fully saturated rings. The molecule has 1 N–H and O–H groups in total. The predicted molar refractivity (Wildman–Crippen MR) is 158 cm³/mol. The summed E-state index contributed by atoms with van der Waals surface area (Å²) in [5.41, 5.74) is 0.797. The molecule has 0 aliphatic carbocycles. The van der Waals surface area contributed by atoms with E-state index >= 15 is 0 Å². The first-order valence-electron chi connectivity index (χ1n) is 14.2. The van der Waals surface area contributed by atoms with Crippen LogP contribution in [0.4, 0.5) is 13.2 Å². The molecular weight excluding hydrogens is 659 g/mol. The van der Waals surface area contributed by atoms with Crippen molar-refractivity contribution < 1.29 is 45.8 Å². The fourth-order valence-electron chi connectivity index (χ4n) is 5.05. The van der Waals surface area contributed by atoms with Crippen molar-refractivity contribution in [3.05, 3.63) is 106 Å². The molecule has 3 aromatic carbocycles. The molecule has 248 valence electrons. The van der Waals surface area contributed by atoms with E-state index in [0.29, 0.717) is 5.56 Å². The predicted octanol–water partition coefficient (Wildman–Crippen LogP) is 3.81. The van der Waals surface area contributed by atoms with Crippen LogP contribution in [0.25, 0.3) is 16.9 Å². The maximum absolute atomic E-state index is 13.5. The van der Waals surface area contributed by atoms with Gasteiger partial charge in [0.25, 0.3) is 27.7 Å². The first kappa shape index (κ1) is 32.2. The van der Waals surface area contributed by atoms with Crippen molar-refractivity contribution >= 4 is 27.7 Å². The number of carbonyl (C=O) groups is 3. The lowest BCUT2D eigenvalue weighted by Gasteiger charge is -2.33. The summed E-state index contributed by atoms with van der Waals surface area (Å²) < 4.78 is 69.5. The molecule has 1 saturated heterocycles. The number of nitrogens with one attached hydrogen (secondary N) is 1. The number of nitrogens with zero attached hydrogens (tertiary/aromatic N) is 6. The molecule has 0 saturated carbocycles. The average molecular weight is 684 g/mol. The van der Waals surface area contributed by atoms with Gasteiger partial charge in [-0.2, -0.15) is 18.3 Å². The summed E-state index contributed by atoms with van der Waals surface area (Å²) in [6, 6.07) is 17.2. The average Bonchev–Trinajstić information content (AvgIpc) is 3.57. The Balaban J connectivity index is 1.11. The number of amides is 3.